The van der Waals surface area contributed by atoms with Crippen molar-refractivity contribution in [1.29, 1.82) is 0 Å². The van der Waals surface area contributed by atoms with Crippen molar-refractivity contribution in [3.05, 3.63) is 23.2 Å². The molecule has 2 heterocycles. The molecule has 0 atom stereocenters. The first-order valence-electron chi connectivity index (χ1n) is 4.00. The number of thiazole rings is 1. The van der Waals surface area contributed by atoms with Crippen LogP contribution in [0.15, 0.2) is 16.1 Å². The molecule has 0 unspecified atom stereocenters. The second kappa shape index (κ2) is 3.97. The summed E-state index contributed by atoms with van der Waals surface area (Å²) in [6, 6.07) is 0. The summed E-state index contributed by atoms with van der Waals surface area (Å²) in [5.41, 5.74) is 0.595. The lowest BCUT2D eigenvalue weighted by atomic mass is 10.3. The molecule has 0 spiro atoms. The predicted octanol–water partition coefficient (Wildman–Crippen LogP) is 2.43. The maximum absolute atomic E-state index is 12.4. The number of hydrogen-bond donors (Lipinski definition) is 1. The Labute approximate surface area is 91.4 Å². The molecule has 0 aromatic carbocycles. The highest BCUT2D eigenvalue weighted by molar-refractivity contribution is 7.13. The van der Waals surface area contributed by atoms with E-state index in [4.69, 9.17) is 9.52 Å². The molecular weight excluding hydrogens is 242 g/mol. The molecule has 0 aliphatic carbocycles. The fraction of sp³-hybridized carbons (Fsp3) is 0.125. The van der Waals surface area contributed by atoms with Gasteiger partial charge in [0.15, 0.2) is 5.69 Å². The Balaban J connectivity index is 2.51. The minimum Gasteiger partial charge on any atom is -0.475 e. The van der Waals surface area contributed by atoms with Crippen LogP contribution < -0.4 is 0 Å². The first-order valence-corrected chi connectivity index (χ1v) is 4.88. The van der Waals surface area contributed by atoms with E-state index < -0.39 is 23.8 Å². The van der Waals surface area contributed by atoms with Crippen LogP contribution in [0, 0.1) is 0 Å². The number of alkyl halides is 2. The third kappa shape index (κ3) is 1.78. The highest BCUT2D eigenvalue weighted by Crippen LogP contribution is 2.29. The number of carboxylic acids is 1. The van der Waals surface area contributed by atoms with E-state index in [-0.39, 0.29) is 5.89 Å². The summed E-state index contributed by atoms with van der Waals surface area (Å²) in [7, 11) is 0. The molecule has 0 saturated heterocycles. The molecule has 2 aromatic rings. The van der Waals surface area contributed by atoms with Gasteiger partial charge in [-0.25, -0.2) is 18.6 Å². The zero-order chi connectivity index (χ0) is 11.7. The third-order valence-corrected chi connectivity index (χ3v) is 2.46. The van der Waals surface area contributed by atoms with E-state index in [1.807, 2.05) is 0 Å². The van der Waals surface area contributed by atoms with Gasteiger partial charge in [0.25, 0.3) is 6.43 Å². The molecule has 0 saturated carbocycles. The first kappa shape index (κ1) is 10.7. The number of halogens is 2. The summed E-state index contributed by atoms with van der Waals surface area (Å²) in [6.07, 6.45) is -1.63. The predicted molar refractivity (Wildman–Crippen MR) is 49.5 cm³/mol. The van der Waals surface area contributed by atoms with Crippen molar-refractivity contribution < 1.29 is 23.1 Å². The molecule has 0 radical (unpaired) electrons. The van der Waals surface area contributed by atoms with E-state index >= 15 is 0 Å². The van der Waals surface area contributed by atoms with Crippen molar-refractivity contribution in [1.82, 2.24) is 9.97 Å². The Hall–Kier alpha value is -1.83. The molecule has 8 heteroatoms. The number of hydrogen-bond acceptors (Lipinski definition) is 5. The number of rotatable bonds is 3. The SMILES string of the molecule is O=C(O)c1oc(-c2cncs2)nc1C(F)F. The van der Waals surface area contributed by atoms with Crippen LogP contribution in [0.5, 0.6) is 0 Å². The molecule has 2 aromatic heterocycles. The second-order valence-corrected chi connectivity index (χ2v) is 3.59. The van der Waals surface area contributed by atoms with Crippen molar-refractivity contribution in [3.63, 3.8) is 0 Å². The average molecular weight is 246 g/mol. The first-order chi connectivity index (χ1) is 7.59. The van der Waals surface area contributed by atoms with Crippen molar-refractivity contribution in [3.8, 4) is 10.8 Å². The number of carboxylic acid groups (broad SMARTS) is 1. The van der Waals surface area contributed by atoms with Crippen LogP contribution in [-0.4, -0.2) is 21.0 Å². The van der Waals surface area contributed by atoms with Crippen LogP contribution in [0.3, 0.4) is 0 Å². The Morgan fingerprint density at radius 1 is 1.56 bits per heavy atom. The second-order valence-electron chi connectivity index (χ2n) is 2.70. The Morgan fingerprint density at radius 3 is 2.75 bits per heavy atom. The smallest absolute Gasteiger partial charge is 0.374 e. The summed E-state index contributed by atoms with van der Waals surface area (Å²) in [4.78, 5) is 18.2. The molecule has 5 nitrogen and oxygen atoms in total. The molecule has 16 heavy (non-hydrogen) atoms. The van der Waals surface area contributed by atoms with Crippen LogP contribution in [0.1, 0.15) is 22.7 Å². The van der Waals surface area contributed by atoms with Gasteiger partial charge in [-0.1, -0.05) is 0 Å². The Kier molecular flexibility index (Phi) is 2.65. The van der Waals surface area contributed by atoms with Gasteiger partial charge in [-0.2, -0.15) is 0 Å². The molecule has 0 amide bonds. The normalized spacial score (nSPS) is 10.9. The van der Waals surface area contributed by atoms with Crippen LogP contribution in [-0.2, 0) is 0 Å². The van der Waals surface area contributed by atoms with E-state index in [1.165, 1.54) is 11.7 Å². The van der Waals surface area contributed by atoms with E-state index in [0.29, 0.717) is 4.88 Å². The molecule has 1 N–H and O–H groups in total. The van der Waals surface area contributed by atoms with Crippen molar-refractivity contribution >= 4 is 17.3 Å². The van der Waals surface area contributed by atoms with Gasteiger partial charge in [0.2, 0.25) is 11.7 Å². The fourth-order valence-corrected chi connectivity index (χ4v) is 1.60. The summed E-state index contributed by atoms with van der Waals surface area (Å²) in [5.74, 6) is -2.56. The standard InChI is InChI=1S/C8H4F2N2O3S/c9-6(10)4-5(8(13)14)15-7(12-4)3-1-11-2-16-3/h1-2,6H,(H,13,14). The van der Waals surface area contributed by atoms with Crippen molar-refractivity contribution in [2.75, 3.05) is 0 Å². The highest BCUT2D eigenvalue weighted by atomic mass is 32.1. The van der Waals surface area contributed by atoms with Crippen LogP contribution in [0.2, 0.25) is 0 Å². The van der Waals surface area contributed by atoms with Crippen molar-refractivity contribution in [2.24, 2.45) is 0 Å². The van der Waals surface area contributed by atoms with Gasteiger partial charge in [-0.05, 0) is 0 Å². The summed E-state index contributed by atoms with van der Waals surface area (Å²) < 4.78 is 29.7. The highest BCUT2D eigenvalue weighted by Gasteiger charge is 2.27. The third-order valence-electron chi connectivity index (χ3n) is 1.70. The maximum Gasteiger partial charge on any atom is 0.374 e. The van der Waals surface area contributed by atoms with Gasteiger partial charge in [0.05, 0.1) is 11.7 Å². The van der Waals surface area contributed by atoms with Crippen LogP contribution >= 0.6 is 11.3 Å². The number of aromatic nitrogens is 2. The maximum atomic E-state index is 12.4. The fourth-order valence-electron chi connectivity index (χ4n) is 1.06. The summed E-state index contributed by atoms with van der Waals surface area (Å²) in [5, 5.41) is 8.65. The van der Waals surface area contributed by atoms with Gasteiger partial charge in [0.1, 0.15) is 4.88 Å². The van der Waals surface area contributed by atoms with E-state index in [1.54, 1.807) is 0 Å². The molecule has 0 aliphatic rings. The lowest BCUT2D eigenvalue weighted by Crippen LogP contribution is -1.99. The minimum absolute atomic E-state index is 0.157. The molecule has 0 aliphatic heterocycles. The van der Waals surface area contributed by atoms with Gasteiger partial charge in [0, 0.05) is 0 Å². The molecule has 84 valence electrons. The van der Waals surface area contributed by atoms with Gasteiger partial charge >= 0.3 is 5.97 Å². The molecule has 0 bridgehead atoms. The zero-order valence-electron chi connectivity index (χ0n) is 7.55. The molecule has 2 rings (SSSR count). The van der Waals surface area contributed by atoms with Crippen LogP contribution in [0.25, 0.3) is 10.8 Å². The van der Waals surface area contributed by atoms with E-state index in [9.17, 15) is 13.6 Å². The lowest BCUT2D eigenvalue weighted by Gasteiger charge is -1.91. The molecule has 0 fully saturated rings. The number of carbonyl (C=O) groups is 1. The van der Waals surface area contributed by atoms with E-state index in [0.717, 1.165) is 11.3 Å². The van der Waals surface area contributed by atoms with Crippen LogP contribution in [0.4, 0.5) is 8.78 Å². The quantitative estimate of drug-likeness (QED) is 0.899. The topological polar surface area (TPSA) is 76.2 Å². The van der Waals surface area contributed by atoms with E-state index in [2.05, 4.69) is 9.97 Å². The van der Waals surface area contributed by atoms with Crippen molar-refractivity contribution in [2.45, 2.75) is 6.43 Å². The van der Waals surface area contributed by atoms with Gasteiger partial charge in [-0.15, -0.1) is 11.3 Å². The molecular formula is C8H4F2N2O3S. The summed E-state index contributed by atoms with van der Waals surface area (Å²) in [6.45, 7) is 0. The average Bonchev–Trinajstić information content (AvgIpc) is 2.86. The number of aromatic carboxylic acids is 1. The summed E-state index contributed by atoms with van der Waals surface area (Å²) >= 11 is 1.12. The number of oxazole rings is 1. The lowest BCUT2D eigenvalue weighted by molar-refractivity contribution is 0.0647. The Morgan fingerprint density at radius 2 is 2.31 bits per heavy atom. The minimum atomic E-state index is -2.99. The number of nitrogens with zero attached hydrogens (tertiary/aromatic N) is 2. The largest absolute Gasteiger partial charge is 0.475 e. The van der Waals surface area contributed by atoms with Gasteiger partial charge in [-0.3, -0.25) is 4.98 Å². The zero-order valence-corrected chi connectivity index (χ0v) is 8.37. The monoisotopic (exact) mass is 246 g/mol. The van der Waals surface area contributed by atoms with Gasteiger partial charge < -0.3 is 9.52 Å². The Bertz CT molecular complexity index is 509.